The third kappa shape index (κ3) is 5.08. The molecule has 1 aromatic carbocycles. The summed E-state index contributed by atoms with van der Waals surface area (Å²) in [6.45, 7) is 1.65. The first-order valence-corrected chi connectivity index (χ1v) is 7.39. The molecule has 0 aliphatic carbocycles. The van der Waals surface area contributed by atoms with E-state index >= 15 is 0 Å². The van der Waals surface area contributed by atoms with E-state index in [0.29, 0.717) is 23.4 Å². The first-order chi connectivity index (χ1) is 9.43. The van der Waals surface area contributed by atoms with Gasteiger partial charge >= 0.3 is 12.0 Å². The van der Waals surface area contributed by atoms with E-state index in [1.54, 1.807) is 6.92 Å². The second-order valence-electron chi connectivity index (χ2n) is 4.23. The molecule has 2 amide bonds. The Bertz CT molecular complexity index is 497. The van der Waals surface area contributed by atoms with Crippen molar-refractivity contribution in [2.45, 2.75) is 19.4 Å². The van der Waals surface area contributed by atoms with E-state index in [-0.39, 0.29) is 0 Å². The van der Waals surface area contributed by atoms with E-state index in [9.17, 15) is 14.0 Å². The van der Waals surface area contributed by atoms with E-state index in [2.05, 4.69) is 10.6 Å². The van der Waals surface area contributed by atoms with E-state index < -0.39 is 23.9 Å². The van der Waals surface area contributed by atoms with Gasteiger partial charge in [0.1, 0.15) is 11.9 Å². The minimum Gasteiger partial charge on any atom is -0.480 e. The molecule has 0 saturated heterocycles. The molecule has 0 radical (unpaired) electrons. The quantitative estimate of drug-likeness (QED) is 0.754. The van der Waals surface area contributed by atoms with Gasteiger partial charge in [-0.3, -0.25) is 0 Å². The van der Waals surface area contributed by atoms with Crippen LogP contribution in [0, 0.1) is 12.7 Å². The molecule has 5 nitrogen and oxygen atoms in total. The van der Waals surface area contributed by atoms with Gasteiger partial charge < -0.3 is 15.7 Å². The number of urea groups is 1. The summed E-state index contributed by atoms with van der Waals surface area (Å²) < 4.78 is 12.9. The third-order valence-corrected chi connectivity index (χ3v) is 3.29. The summed E-state index contributed by atoms with van der Waals surface area (Å²) in [5, 5.41) is 13.9. The smallest absolute Gasteiger partial charge is 0.326 e. The van der Waals surface area contributed by atoms with Gasteiger partial charge in [0.15, 0.2) is 0 Å². The number of nitrogens with one attached hydrogen (secondary N) is 2. The summed E-state index contributed by atoms with van der Waals surface area (Å²) in [6.07, 6.45) is 2.20. The van der Waals surface area contributed by atoms with Crippen LogP contribution in [0.5, 0.6) is 0 Å². The SMILES string of the molecule is CSCC[C@H](NC(=O)Nc1ccc(F)cc1C)C(=O)O. The lowest BCUT2D eigenvalue weighted by Gasteiger charge is -2.15. The lowest BCUT2D eigenvalue weighted by molar-refractivity contribution is -0.139. The monoisotopic (exact) mass is 300 g/mol. The highest BCUT2D eigenvalue weighted by Gasteiger charge is 2.19. The largest absolute Gasteiger partial charge is 0.480 e. The molecule has 7 heteroatoms. The predicted octanol–water partition coefficient (Wildman–Crippen LogP) is 2.46. The molecule has 1 atom stereocenters. The molecule has 0 aromatic heterocycles. The molecular weight excluding hydrogens is 283 g/mol. The van der Waals surface area contributed by atoms with Crippen molar-refractivity contribution in [1.82, 2.24) is 5.32 Å². The van der Waals surface area contributed by atoms with Crippen LogP contribution in [0.2, 0.25) is 0 Å². The van der Waals surface area contributed by atoms with Crippen molar-refractivity contribution in [2.75, 3.05) is 17.3 Å². The van der Waals surface area contributed by atoms with Crippen molar-refractivity contribution in [1.29, 1.82) is 0 Å². The molecular formula is C13H17FN2O3S. The normalized spacial score (nSPS) is 11.8. The molecule has 1 rings (SSSR count). The number of amides is 2. The van der Waals surface area contributed by atoms with E-state index in [1.807, 2.05) is 6.26 Å². The molecule has 0 saturated carbocycles. The Kier molecular flexibility index (Phi) is 6.30. The maximum Gasteiger partial charge on any atom is 0.326 e. The summed E-state index contributed by atoms with van der Waals surface area (Å²) in [6, 6.07) is 2.39. The van der Waals surface area contributed by atoms with Gasteiger partial charge in [-0.05, 0) is 49.1 Å². The molecule has 1 aromatic rings. The van der Waals surface area contributed by atoms with Crippen LogP contribution >= 0.6 is 11.8 Å². The van der Waals surface area contributed by atoms with Gasteiger partial charge in [0, 0.05) is 5.69 Å². The summed E-state index contributed by atoms with van der Waals surface area (Å²) in [5.74, 6) is -0.839. The topological polar surface area (TPSA) is 78.4 Å². The molecule has 0 aliphatic rings. The average Bonchev–Trinajstić information content (AvgIpc) is 2.37. The summed E-state index contributed by atoms with van der Waals surface area (Å²) in [4.78, 5) is 22.7. The number of rotatable bonds is 6. The molecule has 0 aliphatic heterocycles. The van der Waals surface area contributed by atoms with Crippen LogP contribution in [0.3, 0.4) is 0 Å². The summed E-state index contributed by atoms with van der Waals surface area (Å²) in [5.41, 5.74) is 1.01. The van der Waals surface area contributed by atoms with Gasteiger partial charge in [-0.15, -0.1) is 0 Å². The second kappa shape index (κ2) is 7.74. The lowest BCUT2D eigenvalue weighted by Crippen LogP contribution is -2.43. The standard InChI is InChI=1S/C13H17FN2O3S/c1-8-7-9(14)3-4-10(8)15-13(19)16-11(12(17)18)5-6-20-2/h3-4,7,11H,5-6H2,1-2H3,(H,17,18)(H2,15,16,19)/t11-/m0/s1. The number of benzene rings is 1. The maximum atomic E-state index is 12.9. The van der Waals surface area contributed by atoms with E-state index in [0.717, 1.165) is 0 Å². The first-order valence-electron chi connectivity index (χ1n) is 5.99. The van der Waals surface area contributed by atoms with E-state index in [4.69, 9.17) is 5.11 Å². The number of thioether (sulfide) groups is 1. The highest BCUT2D eigenvalue weighted by molar-refractivity contribution is 7.98. The number of hydrogen-bond donors (Lipinski definition) is 3. The molecule has 110 valence electrons. The number of hydrogen-bond acceptors (Lipinski definition) is 3. The molecule has 0 heterocycles. The van der Waals surface area contributed by atoms with Gasteiger partial charge in [0.2, 0.25) is 0 Å². The Labute approximate surface area is 120 Å². The van der Waals surface area contributed by atoms with E-state index in [1.165, 1.54) is 30.0 Å². The van der Waals surface area contributed by atoms with Crippen molar-refractivity contribution in [2.24, 2.45) is 0 Å². The van der Waals surface area contributed by atoms with Crippen LogP contribution in [0.4, 0.5) is 14.9 Å². The molecule has 0 fully saturated rings. The second-order valence-corrected chi connectivity index (χ2v) is 5.22. The van der Waals surface area contributed by atoms with Gasteiger partial charge in [-0.25, -0.2) is 14.0 Å². The fourth-order valence-electron chi connectivity index (χ4n) is 1.58. The number of carboxylic acids is 1. The fraction of sp³-hybridized carbons (Fsp3) is 0.385. The van der Waals surface area contributed by atoms with Crippen LogP contribution in [-0.2, 0) is 4.79 Å². The number of carboxylic acid groups (broad SMARTS) is 1. The Morgan fingerprint density at radius 3 is 2.70 bits per heavy atom. The Morgan fingerprint density at radius 2 is 2.15 bits per heavy atom. The number of anilines is 1. The van der Waals surface area contributed by atoms with Crippen molar-refractivity contribution < 1.29 is 19.1 Å². The molecule has 0 unspecified atom stereocenters. The third-order valence-electron chi connectivity index (χ3n) is 2.65. The average molecular weight is 300 g/mol. The Hall–Kier alpha value is -1.76. The zero-order valence-electron chi connectivity index (χ0n) is 11.3. The van der Waals surface area contributed by atoms with Gasteiger partial charge in [-0.2, -0.15) is 11.8 Å². The van der Waals surface area contributed by atoms with Gasteiger partial charge in [-0.1, -0.05) is 0 Å². The molecule has 3 N–H and O–H groups in total. The van der Waals surface area contributed by atoms with Crippen molar-refractivity contribution in [3.63, 3.8) is 0 Å². The minimum absolute atomic E-state index is 0.340. The van der Waals surface area contributed by atoms with Gasteiger partial charge in [0.25, 0.3) is 0 Å². The number of halogens is 1. The number of aliphatic carboxylic acids is 1. The molecule has 0 bridgehead atoms. The van der Waals surface area contributed by atoms with Crippen LogP contribution in [-0.4, -0.2) is 35.2 Å². The first kappa shape index (κ1) is 16.3. The highest BCUT2D eigenvalue weighted by atomic mass is 32.2. The zero-order chi connectivity index (χ0) is 15.1. The predicted molar refractivity (Wildman–Crippen MR) is 77.7 cm³/mol. The van der Waals surface area contributed by atoms with Crippen molar-refractivity contribution >= 4 is 29.4 Å². The molecule has 20 heavy (non-hydrogen) atoms. The zero-order valence-corrected chi connectivity index (χ0v) is 12.1. The molecule has 0 spiro atoms. The Morgan fingerprint density at radius 1 is 1.45 bits per heavy atom. The van der Waals surface area contributed by atoms with Crippen LogP contribution < -0.4 is 10.6 Å². The van der Waals surface area contributed by atoms with Crippen molar-refractivity contribution in [3.05, 3.63) is 29.6 Å². The van der Waals surface area contributed by atoms with Gasteiger partial charge in [0.05, 0.1) is 0 Å². The summed E-state index contributed by atoms with van der Waals surface area (Å²) >= 11 is 1.51. The summed E-state index contributed by atoms with van der Waals surface area (Å²) in [7, 11) is 0. The Balaban J connectivity index is 2.63. The highest BCUT2D eigenvalue weighted by Crippen LogP contribution is 2.15. The minimum atomic E-state index is -1.08. The number of carbonyl (C=O) groups excluding carboxylic acids is 1. The fourth-order valence-corrected chi connectivity index (χ4v) is 2.05. The number of aryl methyl sites for hydroxylation is 1. The van der Waals surface area contributed by atoms with Crippen LogP contribution in [0.25, 0.3) is 0 Å². The van der Waals surface area contributed by atoms with Crippen LogP contribution in [0.15, 0.2) is 18.2 Å². The number of carbonyl (C=O) groups is 2. The van der Waals surface area contributed by atoms with Crippen LogP contribution in [0.1, 0.15) is 12.0 Å². The van der Waals surface area contributed by atoms with Crippen molar-refractivity contribution in [3.8, 4) is 0 Å². The maximum absolute atomic E-state index is 12.9. The lowest BCUT2D eigenvalue weighted by atomic mass is 10.2.